The van der Waals surface area contributed by atoms with Gasteiger partial charge in [0.25, 0.3) is 15.9 Å². The van der Waals surface area contributed by atoms with Crippen molar-refractivity contribution in [2.75, 3.05) is 32.1 Å². The predicted molar refractivity (Wildman–Crippen MR) is 196 cm³/mol. The van der Waals surface area contributed by atoms with E-state index >= 15 is 0 Å². The number of hydrogen-bond donors (Lipinski definition) is 2. The summed E-state index contributed by atoms with van der Waals surface area (Å²) in [6.45, 7) is -0.236. The van der Waals surface area contributed by atoms with E-state index in [0.717, 1.165) is 23.3 Å². The van der Waals surface area contributed by atoms with Crippen LogP contribution in [0.5, 0.6) is 17.2 Å². The molecule has 0 spiro atoms. The summed E-state index contributed by atoms with van der Waals surface area (Å²) in [6.07, 6.45) is 0.661. The van der Waals surface area contributed by atoms with E-state index in [9.17, 15) is 26.8 Å². The maximum atomic E-state index is 14.0. The zero-order valence-electron chi connectivity index (χ0n) is 29.1. The first-order chi connectivity index (χ1) is 25.5. The minimum atomic E-state index is -3.99. The number of nitrogens with one attached hydrogen (secondary N) is 2. The first-order valence-electron chi connectivity index (χ1n) is 16.6. The van der Waals surface area contributed by atoms with Crippen molar-refractivity contribution in [3.63, 3.8) is 0 Å². The molecule has 53 heavy (non-hydrogen) atoms. The largest absolute Gasteiger partial charge is 0.493 e. The smallest absolute Gasteiger partial charge is 0.261 e. The second-order valence-electron chi connectivity index (χ2n) is 12.0. The number of anilines is 1. The Hall–Kier alpha value is -5.95. The molecule has 0 aliphatic heterocycles. The van der Waals surface area contributed by atoms with Gasteiger partial charge in [-0.2, -0.15) is 0 Å². The molecule has 0 saturated carbocycles. The Morgan fingerprint density at radius 1 is 0.736 bits per heavy atom. The summed E-state index contributed by atoms with van der Waals surface area (Å²) >= 11 is 0. The highest BCUT2D eigenvalue weighted by molar-refractivity contribution is 7.92. The fourth-order valence-electron chi connectivity index (χ4n) is 5.50. The highest BCUT2D eigenvalue weighted by Crippen LogP contribution is 2.28. The van der Waals surface area contributed by atoms with Crippen molar-refractivity contribution in [2.45, 2.75) is 30.3 Å². The molecule has 0 aliphatic rings. The van der Waals surface area contributed by atoms with Crippen molar-refractivity contribution in [1.82, 2.24) is 10.2 Å². The SMILES string of the molecule is COc1ccc(CCNC(=O)[C@@H](Cc2ccccc2)N(Cc2ccc(F)cc2)C(=O)COc2ccc(S(=O)(=O)Nc3ccc(F)cc3)cc2)cc1OC. The summed E-state index contributed by atoms with van der Waals surface area (Å²) in [6, 6.07) is 29.7. The van der Waals surface area contributed by atoms with Crippen molar-refractivity contribution in [3.8, 4) is 17.2 Å². The van der Waals surface area contributed by atoms with Gasteiger partial charge < -0.3 is 24.4 Å². The van der Waals surface area contributed by atoms with Gasteiger partial charge in [0.1, 0.15) is 23.4 Å². The molecule has 5 aromatic rings. The van der Waals surface area contributed by atoms with Crippen LogP contribution >= 0.6 is 0 Å². The Balaban J connectivity index is 1.33. The maximum Gasteiger partial charge on any atom is 0.261 e. The van der Waals surface area contributed by atoms with Crippen LogP contribution in [0.15, 0.2) is 126 Å². The Morgan fingerprint density at radius 3 is 2.00 bits per heavy atom. The number of carbonyl (C=O) groups excluding carboxylic acids is 2. The fraction of sp³-hybridized carbons (Fsp3) is 0.200. The summed E-state index contributed by atoms with van der Waals surface area (Å²) in [4.78, 5) is 29.3. The number of benzene rings is 5. The first kappa shape index (κ1) is 38.3. The average Bonchev–Trinajstić information content (AvgIpc) is 3.17. The van der Waals surface area contributed by atoms with E-state index in [1.54, 1.807) is 32.4 Å². The molecule has 0 bridgehead atoms. The lowest BCUT2D eigenvalue weighted by atomic mass is 10.0. The molecule has 2 N–H and O–H groups in total. The molecular weight excluding hydrogens is 705 g/mol. The third kappa shape index (κ3) is 10.8. The lowest BCUT2D eigenvalue weighted by molar-refractivity contribution is -0.142. The average molecular weight is 744 g/mol. The van der Waals surface area contributed by atoms with Gasteiger partial charge in [-0.15, -0.1) is 0 Å². The monoisotopic (exact) mass is 743 g/mol. The summed E-state index contributed by atoms with van der Waals surface area (Å²) < 4.78 is 71.7. The quantitative estimate of drug-likeness (QED) is 0.117. The highest BCUT2D eigenvalue weighted by atomic mass is 32.2. The Morgan fingerprint density at radius 2 is 1.36 bits per heavy atom. The number of sulfonamides is 1. The van der Waals surface area contributed by atoms with Crippen LogP contribution in [-0.2, 0) is 39.0 Å². The van der Waals surface area contributed by atoms with E-state index < -0.39 is 46.1 Å². The van der Waals surface area contributed by atoms with Gasteiger partial charge >= 0.3 is 0 Å². The van der Waals surface area contributed by atoms with Crippen LogP contribution in [0.3, 0.4) is 0 Å². The number of carbonyl (C=O) groups is 2. The van der Waals surface area contributed by atoms with Crippen LogP contribution in [0.2, 0.25) is 0 Å². The van der Waals surface area contributed by atoms with E-state index in [1.807, 2.05) is 42.5 Å². The van der Waals surface area contributed by atoms with E-state index in [0.29, 0.717) is 23.5 Å². The van der Waals surface area contributed by atoms with E-state index in [-0.39, 0.29) is 35.8 Å². The molecule has 2 amide bonds. The van der Waals surface area contributed by atoms with Gasteiger partial charge in [0.2, 0.25) is 5.91 Å². The van der Waals surface area contributed by atoms with E-state index in [1.165, 1.54) is 53.4 Å². The van der Waals surface area contributed by atoms with Crippen molar-refractivity contribution >= 4 is 27.5 Å². The molecule has 1 atom stereocenters. The Labute approximate surface area is 307 Å². The minimum absolute atomic E-state index is 0.0185. The molecule has 0 fully saturated rings. The van der Waals surface area contributed by atoms with Gasteiger partial charge in [0.15, 0.2) is 18.1 Å². The lowest BCUT2D eigenvalue weighted by Gasteiger charge is -2.31. The second kappa shape index (κ2) is 18.0. The number of amides is 2. The number of hydrogen-bond acceptors (Lipinski definition) is 7. The van der Waals surface area contributed by atoms with Crippen molar-refractivity contribution in [1.29, 1.82) is 0 Å². The molecule has 0 saturated heterocycles. The zero-order chi connectivity index (χ0) is 37.8. The molecule has 0 aromatic heterocycles. The maximum absolute atomic E-state index is 14.0. The zero-order valence-corrected chi connectivity index (χ0v) is 29.9. The van der Waals surface area contributed by atoms with Gasteiger partial charge in [-0.25, -0.2) is 17.2 Å². The molecule has 13 heteroatoms. The summed E-state index contributed by atoms with van der Waals surface area (Å²) in [5.74, 6) is -0.513. The molecule has 0 heterocycles. The van der Waals surface area contributed by atoms with Crippen molar-refractivity contribution in [3.05, 3.63) is 150 Å². The molecule has 0 unspecified atom stereocenters. The van der Waals surface area contributed by atoms with Crippen LogP contribution in [-0.4, -0.2) is 58.5 Å². The van der Waals surface area contributed by atoms with Gasteiger partial charge in [-0.05, 0) is 95.9 Å². The third-order valence-corrected chi connectivity index (χ3v) is 9.69. The van der Waals surface area contributed by atoms with Crippen LogP contribution in [0, 0.1) is 11.6 Å². The van der Waals surface area contributed by atoms with Crippen molar-refractivity contribution < 1.29 is 41.0 Å². The molecule has 5 rings (SSSR count). The van der Waals surface area contributed by atoms with Crippen LogP contribution in [0.1, 0.15) is 16.7 Å². The Kier molecular flexibility index (Phi) is 13.0. The first-order valence-corrected chi connectivity index (χ1v) is 18.1. The molecule has 10 nitrogen and oxygen atoms in total. The Bertz CT molecular complexity index is 2080. The van der Waals surface area contributed by atoms with Crippen molar-refractivity contribution in [2.24, 2.45) is 0 Å². The predicted octanol–water partition coefficient (Wildman–Crippen LogP) is 6.16. The second-order valence-corrected chi connectivity index (χ2v) is 13.6. The van der Waals surface area contributed by atoms with Crippen LogP contribution < -0.4 is 24.2 Å². The number of ether oxygens (including phenoxy) is 3. The van der Waals surface area contributed by atoms with E-state index in [2.05, 4.69) is 10.0 Å². The third-order valence-electron chi connectivity index (χ3n) is 8.29. The fourth-order valence-corrected chi connectivity index (χ4v) is 6.56. The normalized spacial score (nSPS) is 11.6. The van der Waals surface area contributed by atoms with E-state index in [4.69, 9.17) is 14.2 Å². The topological polar surface area (TPSA) is 123 Å². The standard InChI is InChI=1S/C40H39F2N3O7S/c1-50-37-21-10-29(25-38(37)51-2)22-23-43-40(47)36(24-28-6-4-3-5-7-28)45(26-30-8-11-31(41)12-9-30)39(46)27-52-34-17-19-35(20-18-34)53(48,49)44-33-15-13-32(42)14-16-33/h3-21,25,36,44H,22-24,26-27H2,1-2H3,(H,43,47)/t36-/m1/s1. The van der Waals surface area contributed by atoms with Crippen LogP contribution in [0.25, 0.3) is 0 Å². The molecule has 276 valence electrons. The summed E-state index contributed by atoms with van der Waals surface area (Å²) in [5, 5.41) is 2.97. The van der Waals surface area contributed by atoms with Crippen LogP contribution in [0.4, 0.5) is 14.5 Å². The number of methoxy groups -OCH3 is 2. The van der Waals surface area contributed by atoms with Gasteiger partial charge in [-0.3, -0.25) is 14.3 Å². The lowest BCUT2D eigenvalue weighted by Crippen LogP contribution is -2.52. The molecular formula is C40H39F2N3O7S. The van der Waals surface area contributed by atoms with Gasteiger partial charge in [0.05, 0.1) is 19.1 Å². The minimum Gasteiger partial charge on any atom is -0.493 e. The number of rotatable bonds is 17. The van der Waals surface area contributed by atoms with Gasteiger partial charge in [0, 0.05) is 25.2 Å². The number of halogens is 2. The van der Waals surface area contributed by atoms with Gasteiger partial charge in [-0.1, -0.05) is 48.5 Å². The summed E-state index contributed by atoms with van der Waals surface area (Å²) in [5.41, 5.74) is 2.50. The highest BCUT2D eigenvalue weighted by Gasteiger charge is 2.31. The number of nitrogens with zero attached hydrogens (tertiary/aromatic N) is 1. The molecule has 5 aromatic carbocycles. The summed E-state index contributed by atoms with van der Waals surface area (Å²) in [7, 11) is -0.900. The molecule has 0 radical (unpaired) electrons. The molecule has 0 aliphatic carbocycles.